The Kier molecular flexibility index (Phi) is 3.80. The van der Waals surface area contributed by atoms with E-state index < -0.39 is 0 Å². The summed E-state index contributed by atoms with van der Waals surface area (Å²) in [5.74, 6) is 0.588. The fourth-order valence-electron chi connectivity index (χ4n) is 1.87. The number of amides is 1. The third kappa shape index (κ3) is 2.96. The smallest absolute Gasteiger partial charge is 0.225 e. The summed E-state index contributed by atoms with van der Waals surface area (Å²) < 4.78 is 18.0. The van der Waals surface area contributed by atoms with Gasteiger partial charge in [-0.05, 0) is 36.1 Å². The Hall–Kier alpha value is -1.23. The van der Waals surface area contributed by atoms with Crippen LogP contribution in [0.1, 0.15) is 19.3 Å². The van der Waals surface area contributed by atoms with Crippen LogP contribution in [0.15, 0.2) is 18.2 Å². The van der Waals surface area contributed by atoms with Gasteiger partial charge >= 0.3 is 0 Å². The fraction of sp³-hybridized carbons (Fsp3) is 0.462. The lowest BCUT2D eigenvalue weighted by Crippen LogP contribution is -2.18. The maximum Gasteiger partial charge on any atom is 0.225 e. The zero-order valence-corrected chi connectivity index (χ0v) is 11.1. The predicted molar refractivity (Wildman–Crippen MR) is 71.7 cm³/mol. The fourth-order valence-corrected chi connectivity index (χ4v) is 2.30. The summed E-state index contributed by atoms with van der Waals surface area (Å²) in [5.41, 5.74) is 0.569. The molecule has 1 amide bonds. The van der Waals surface area contributed by atoms with Gasteiger partial charge in [0.1, 0.15) is 11.6 Å². The molecule has 0 aliphatic heterocycles. The van der Waals surface area contributed by atoms with Crippen molar-refractivity contribution >= 4 is 24.2 Å². The molecule has 1 N–H and O–H groups in total. The summed E-state index contributed by atoms with van der Waals surface area (Å²) in [6.45, 7) is 0. The molecule has 0 saturated heterocycles. The number of rotatable bonds is 5. The highest BCUT2D eigenvalue weighted by Gasteiger charge is 2.42. The minimum absolute atomic E-state index is 0.0699. The van der Waals surface area contributed by atoms with Gasteiger partial charge in [-0.1, -0.05) is 0 Å². The van der Waals surface area contributed by atoms with E-state index in [0.29, 0.717) is 17.9 Å². The summed E-state index contributed by atoms with van der Waals surface area (Å²) >= 11 is 4.26. The Morgan fingerprint density at radius 3 is 2.83 bits per heavy atom. The molecule has 18 heavy (non-hydrogen) atoms. The number of benzene rings is 1. The number of thiol groups is 1. The Bertz CT molecular complexity index is 460. The van der Waals surface area contributed by atoms with E-state index in [9.17, 15) is 9.18 Å². The van der Waals surface area contributed by atoms with E-state index in [1.165, 1.54) is 25.3 Å². The van der Waals surface area contributed by atoms with E-state index >= 15 is 0 Å². The predicted octanol–water partition coefficient (Wildman–Crippen LogP) is 2.87. The molecule has 1 aliphatic rings. The molecule has 0 spiro atoms. The van der Waals surface area contributed by atoms with Crippen LogP contribution < -0.4 is 10.1 Å². The number of carbonyl (C=O) groups excluding carboxylic acids is 1. The molecule has 0 radical (unpaired) electrons. The van der Waals surface area contributed by atoms with Gasteiger partial charge in [-0.15, -0.1) is 0 Å². The second kappa shape index (κ2) is 5.18. The van der Waals surface area contributed by atoms with Crippen LogP contribution in [0.2, 0.25) is 0 Å². The average Bonchev–Trinajstić information content (AvgIpc) is 3.11. The largest absolute Gasteiger partial charge is 0.494 e. The minimum atomic E-state index is -0.390. The molecule has 0 bridgehead atoms. The molecular weight excluding hydrogens is 253 g/mol. The van der Waals surface area contributed by atoms with Gasteiger partial charge in [0.2, 0.25) is 5.91 Å². The number of hydrogen-bond acceptors (Lipinski definition) is 3. The average molecular weight is 269 g/mol. The number of carbonyl (C=O) groups is 1. The van der Waals surface area contributed by atoms with Crippen molar-refractivity contribution in [3.8, 4) is 5.75 Å². The van der Waals surface area contributed by atoms with Crippen molar-refractivity contribution in [1.82, 2.24) is 0 Å². The Morgan fingerprint density at radius 2 is 2.28 bits per heavy atom. The molecule has 3 nitrogen and oxygen atoms in total. The van der Waals surface area contributed by atoms with Crippen molar-refractivity contribution in [1.29, 1.82) is 0 Å². The van der Waals surface area contributed by atoms with Gasteiger partial charge in [0, 0.05) is 12.5 Å². The van der Waals surface area contributed by atoms with Crippen molar-refractivity contribution in [3.05, 3.63) is 24.0 Å². The molecule has 98 valence electrons. The lowest BCUT2D eigenvalue weighted by Gasteiger charge is -2.13. The molecule has 1 fully saturated rings. The third-order valence-corrected chi connectivity index (χ3v) is 3.94. The highest BCUT2D eigenvalue weighted by atomic mass is 32.1. The minimum Gasteiger partial charge on any atom is -0.494 e. The zero-order valence-electron chi connectivity index (χ0n) is 10.2. The Morgan fingerprint density at radius 1 is 1.56 bits per heavy atom. The second-order valence-electron chi connectivity index (χ2n) is 4.73. The monoisotopic (exact) mass is 269 g/mol. The highest BCUT2D eigenvalue weighted by molar-refractivity contribution is 7.80. The summed E-state index contributed by atoms with van der Waals surface area (Å²) in [4.78, 5) is 11.9. The Labute approximate surface area is 111 Å². The summed E-state index contributed by atoms with van der Waals surface area (Å²) in [7, 11) is 1.44. The van der Waals surface area contributed by atoms with E-state index in [1.54, 1.807) is 0 Å². The quantitative estimate of drug-likeness (QED) is 0.807. The van der Waals surface area contributed by atoms with Crippen LogP contribution >= 0.6 is 12.6 Å². The maximum absolute atomic E-state index is 13.0. The van der Waals surface area contributed by atoms with Gasteiger partial charge in [0.25, 0.3) is 0 Å². The standard InChI is InChI=1S/C13H16FNO2S/c1-17-11-6-9(14)2-3-10(11)15-12(16)7-13(8-18)4-5-13/h2-3,6,18H,4-5,7-8H2,1H3,(H,15,16). The van der Waals surface area contributed by atoms with Crippen LogP contribution in [0.5, 0.6) is 5.75 Å². The molecule has 0 unspecified atom stereocenters. The van der Waals surface area contributed by atoms with E-state index in [1.807, 2.05) is 0 Å². The summed E-state index contributed by atoms with van der Waals surface area (Å²) in [6, 6.07) is 4.05. The molecule has 1 aromatic carbocycles. The summed E-state index contributed by atoms with van der Waals surface area (Å²) in [6.07, 6.45) is 2.55. The third-order valence-electron chi connectivity index (χ3n) is 3.27. The molecule has 0 aromatic heterocycles. The second-order valence-corrected chi connectivity index (χ2v) is 5.04. The first-order chi connectivity index (χ1) is 8.58. The van der Waals surface area contributed by atoms with Crippen molar-refractivity contribution in [2.24, 2.45) is 5.41 Å². The van der Waals surface area contributed by atoms with Gasteiger partial charge in [-0.2, -0.15) is 12.6 Å². The van der Waals surface area contributed by atoms with Gasteiger partial charge < -0.3 is 10.1 Å². The van der Waals surface area contributed by atoms with Crippen LogP contribution in [-0.2, 0) is 4.79 Å². The molecule has 5 heteroatoms. The van der Waals surface area contributed by atoms with E-state index in [4.69, 9.17) is 4.74 Å². The maximum atomic E-state index is 13.0. The number of nitrogens with one attached hydrogen (secondary N) is 1. The van der Waals surface area contributed by atoms with Gasteiger partial charge in [-0.25, -0.2) is 4.39 Å². The van der Waals surface area contributed by atoms with E-state index in [-0.39, 0.29) is 17.1 Å². The van der Waals surface area contributed by atoms with Gasteiger partial charge in [0.15, 0.2) is 0 Å². The number of methoxy groups -OCH3 is 1. The van der Waals surface area contributed by atoms with Crippen LogP contribution in [0.3, 0.4) is 0 Å². The van der Waals surface area contributed by atoms with Crippen molar-refractivity contribution in [2.45, 2.75) is 19.3 Å². The van der Waals surface area contributed by atoms with Crippen LogP contribution in [0.25, 0.3) is 0 Å². The van der Waals surface area contributed by atoms with Crippen molar-refractivity contribution < 1.29 is 13.9 Å². The van der Waals surface area contributed by atoms with Gasteiger partial charge in [-0.3, -0.25) is 4.79 Å². The van der Waals surface area contributed by atoms with Crippen LogP contribution in [-0.4, -0.2) is 18.8 Å². The summed E-state index contributed by atoms with van der Waals surface area (Å²) in [5, 5.41) is 2.75. The number of hydrogen-bond donors (Lipinski definition) is 2. The molecule has 0 atom stereocenters. The lowest BCUT2D eigenvalue weighted by molar-refractivity contribution is -0.117. The first-order valence-corrected chi connectivity index (χ1v) is 6.46. The molecule has 1 aliphatic carbocycles. The SMILES string of the molecule is COc1cc(F)ccc1NC(=O)CC1(CS)CC1. The molecule has 0 heterocycles. The van der Waals surface area contributed by atoms with Gasteiger partial charge in [0.05, 0.1) is 12.8 Å². The van der Waals surface area contributed by atoms with E-state index in [2.05, 4.69) is 17.9 Å². The molecular formula is C13H16FNO2S. The first kappa shape index (κ1) is 13.2. The van der Waals surface area contributed by atoms with Crippen molar-refractivity contribution in [2.75, 3.05) is 18.2 Å². The number of ether oxygens (including phenoxy) is 1. The molecule has 1 saturated carbocycles. The zero-order chi connectivity index (χ0) is 13.2. The lowest BCUT2D eigenvalue weighted by atomic mass is 10.1. The molecule has 2 rings (SSSR count). The van der Waals surface area contributed by atoms with Crippen molar-refractivity contribution in [3.63, 3.8) is 0 Å². The number of anilines is 1. The molecule has 1 aromatic rings. The van der Waals surface area contributed by atoms with Crippen LogP contribution in [0.4, 0.5) is 10.1 Å². The highest BCUT2D eigenvalue weighted by Crippen LogP contribution is 2.49. The number of halogens is 1. The van der Waals surface area contributed by atoms with E-state index in [0.717, 1.165) is 18.6 Å². The topological polar surface area (TPSA) is 38.3 Å². The Balaban J connectivity index is 2.02. The first-order valence-electron chi connectivity index (χ1n) is 5.83. The normalized spacial score (nSPS) is 16.2. The van der Waals surface area contributed by atoms with Crippen LogP contribution in [0, 0.1) is 11.2 Å².